The summed E-state index contributed by atoms with van der Waals surface area (Å²) in [4.78, 5) is 22.5. The first-order valence-electron chi connectivity index (χ1n) is 8.13. The number of rotatable bonds is 4. The first-order chi connectivity index (χ1) is 12.1. The molecule has 1 aliphatic rings. The van der Waals surface area contributed by atoms with Gasteiger partial charge in [0.15, 0.2) is 0 Å². The topological polar surface area (TPSA) is 90.1 Å². The van der Waals surface area contributed by atoms with E-state index in [9.17, 15) is 23.7 Å². The highest BCUT2D eigenvalue weighted by atomic mass is 19.1. The van der Waals surface area contributed by atoms with Crippen molar-refractivity contribution in [1.29, 1.82) is 0 Å². The second-order valence-electron chi connectivity index (χ2n) is 7.31. The Morgan fingerprint density at radius 2 is 1.92 bits per heavy atom. The molecule has 1 saturated carbocycles. The van der Waals surface area contributed by atoms with Crippen LogP contribution >= 0.6 is 0 Å². The largest absolute Gasteiger partial charge is 0.318 e. The van der Waals surface area contributed by atoms with Gasteiger partial charge in [0.05, 0.1) is 21.8 Å². The van der Waals surface area contributed by atoms with E-state index in [1.54, 1.807) is 10.7 Å². The summed E-state index contributed by atoms with van der Waals surface area (Å²) in [6.07, 6.45) is 2.00. The molecular formula is C17H18F2N4O3. The molecule has 0 atom stereocenters. The molecule has 1 aliphatic carbocycles. The zero-order valence-electron chi connectivity index (χ0n) is 14.5. The normalized spacial score (nSPS) is 14.3. The maximum atomic E-state index is 13.9. The van der Waals surface area contributed by atoms with Gasteiger partial charge < -0.3 is 5.32 Å². The maximum absolute atomic E-state index is 13.9. The Bertz CT molecular complexity index is 898. The Kier molecular flexibility index (Phi) is 4.25. The van der Waals surface area contributed by atoms with Gasteiger partial charge >= 0.3 is 5.69 Å². The van der Waals surface area contributed by atoms with Crippen LogP contribution in [0, 0.1) is 21.7 Å². The Morgan fingerprint density at radius 3 is 2.46 bits per heavy atom. The molecule has 2 aromatic rings. The Labute approximate surface area is 148 Å². The number of aromatic nitrogens is 2. The molecule has 1 fully saturated rings. The molecule has 0 spiro atoms. The third-order valence-corrected chi connectivity index (χ3v) is 4.07. The van der Waals surface area contributed by atoms with Crippen molar-refractivity contribution in [3.8, 4) is 0 Å². The van der Waals surface area contributed by atoms with Crippen LogP contribution in [0.3, 0.4) is 0 Å². The fraction of sp³-hybridized carbons (Fsp3) is 0.412. The fourth-order valence-corrected chi connectivity index (χ4v) is 2.61. The predicted molar refractivity (Wildman–Crippen MR) is 90.2 cm³/mol. The number of benzene rings is 1. The van der Waals surface area contributed by atoms with E-state index in [-0.39, 0.29) is 5.69 Å². The van der Waals surface area contributed by atoms with Crippen molar-refractivity contribution in [3.63, 3.8) is 0 Å². The van der Waals surface area contributed by atoms with Crippen LogP contribution in [-0.4, -0.2) is 20.6 Å². The molecule has 26 heavy (non-hydrogen) atoms. The highest BCUT2D eigenvalue weighted by Crippen LogP contribution is 2.40. The predicted octanol–water partition coefficient (Wildman–Crippen LogP) is 3.95. The zero-order chi connectivity index (χ0) is 19.2. The van der Waals surface area contributed by atoms with Crippen LogP contribution in [-0.2, 0) is 5.54 Å². The molecule has 0 aliphatic heterocycles. The lowest BCUT2D eigenvalue weighted by Gasteiger charge is -2.22. The molecule has 0 saturated heterocycles. The smallest absolute Gasteiger partial charge is 0.307 e. The van der Waals surface area contributed by atoms with Crippen molar-refractivity contribution < 1.29 is 18.5 Å². The van der Waals surface area contributed by atoms with Crippen LogP contribution < -0.4 is 5.32 Å². The number of hydrogen-bond acceptors (Lipinski definition) is 4. The average molecular weight is 364 g/mol. The third kappa shape index (κ3) is 3.42. The van der Waals surface area contributed by atoms with Gasteiger partial charge in [0.2, 0.25) is 5.82 Å². The minimum Gasteiger partial charge on any atom is -0.318 e. The number of hydrogen-bond donors (Lipinski definition) is 1. The molecule has 0 radical (unpaired) electrons. The van der Waals surface area contributed by atoms with E-state index in [0.29, 0.717) is 18.1 Å². The zero-order valence-corrected chi connectivity index (χ0v) is 14.5. The van der Waals surface area contributed by atoms with Gasteiger partial charge in [-0.2, -0.15) is 9.49 Å². The summed E-state index contributed by atoms with van der Waals surface area (Å²) in [5.41, 5.74) is -0.864. The maximum Gasteiger partial charge on any atom is 0.307 e. The van der Waals surface area contributed by atoms with Crippen LogP contribution in [0.4, 0.5) is 20.2 Å². The second-order valence-corrected chi connectivity index (χ2v) is 7.31. The molecule has 1 N–H and O–H groups in total. The summed E-state index contributed by atoms with van der Waals surface area (Å²) in [5, 5.41) is 17.6. The Balaban J connectivity index is 1.96. The van der Waals surface area contributed by atoms with E-state index in [2.05, 4.69) is 10.4 Å². The molecule has 1 heterocycles. The van der Waals surface area contributed by atoms with Crippen molar-refractivity contribution in [1.82, 2.24) is 9.78 Å². The Morgan fingerprint density at radius 1 is 1.27 bits per heavy atom. The number of nitro groups is 1. The highest BCUT2D eigenvalue weighted by Gasteiger charge is 2.31. The second kappa shape index (κ2) is 6.15. The summed E-state index contributed by atoms with van der Waals surface area (Å²) >= 11 is 0. The van der Waals surface area contributed by atoms with E-state index in [0.717, 1.165) is 18.5 Å². The van der Waals surface area contributed by atoms with Crippen molar-refractivity contribution in [3.05, 3.63) is 51.3 Å². The summed E-state index contributed by atoms with van der Waals surface area (Å²) in [5.74, 6) is -2.75. The molecule has 0 unspecified atom stereocenters. The van der Waals surface area contributed by atoms with E-state index in [1.807, 2.05) is 20.8 Å². The van der Waals surface area contributed by atoms with Crippen molar-refractivity contribution >= 4 is 17.3 Å². The van der Waals surface area contributed by atoms with Gasteiger partial charge in [-0.05, 0) is 39.7 Å². The summed E-state index contributed by atoms with van der Waals surface area (Å²) in [6, 6.07) is 2.70. The number of nitrogens with one attached hydrogen (secondary N) is 1. The fourth-order valence-electron chi connectivity index (χ4n) is 2.61. The molecule has 138 valence electrons. The van der Waals surface area contributed by atoms with Crippen molar-refractivity contribution in [2.24, 2.45) is 0 Å². The van der Waals surface area contributed by atoms with E-state index in [1.165, 1.54) is 0 Å². The number of nitro benzene ring substituents is 1. The SMILES string of the molecule is CC(C)(C)n1nc(C2CC2)cc1C(=O)Nc1cc([N+](=O)[O-])c(F)cc1F. The van der Waals surface area contributed by atoms with Gasteiger partial charge in [-0.1, -0.05) is 0 Å². The lowest BCUT2D eigenvalue weighted by molar-refractivity contribution is -0.387. The number of amides is 1. The monoisotopic (exact) mass is 364 g/mol. The lowest BCUT2D eigenvalue weighted by atomic mass is 10.1. The number of carbonyl (C=O) groups excluding carboxylic acids is 1. The van der Waals surface area contributed by atoms with Crippen molar-refractivity contribution in [2.45, 2.75) is 45.1 Å². The molecule has 1 aromatic heterocycles. The Hall–Kier alpha value is -2.84. The van der Waals surface area contributed by atoms with E-state index in [4.69, 9.17) is 0 Å². The minimum absolute atomic E-state index is 0.214. The molecule has 7 nitrogen and oxygen atoms in total. The van der Waals surface area contributed by atoms with Crippen LogP contribution in [0.1, 0.15) is 55.7 Å². The molecule has 1 amide bonds. The summed E-state index contributed by atoms with van der Waals surface area (Å²) in [7, 11) is 0. The highest BCUT2D eigenvalue weighted by molar-refractivity contribution is 6.03. The lowest BCUT2D eigenvalue weighted by Crippen LogP contribution is -2.29. The molecule has 1 aromatic carbocycles. The van der Waals surface area contributed by atoms with Gasteiger partial charge in [0, 0.05) is 18.1 Å². The number of halogens is 2. The van der Waals surface area contributed by atoms with Crippen LogP contribution in [0.2, 0.25) is 0 Å². The number of carbonyl (C=O) groups is 1. The van der Waals surface area contributed by atoms with Crippen molar-refractivity contribution in [2.75, 3.05) is 5.32 Å². The van der Waals surface area contributed by atoms with E-state index >= 15 is 0 Å². The van der Waals surface area contributed by atoms with Gasteiger partial charge in [-0.3, -0.25) is 19.6 Å². The third-order valence-electron chi connectivity index (χ3n) is 4.07. The average Bonchev–Trinajstić information content (AvgIpc) is 3.26. The van der Waals surface area contributed by atoms with Crippen LogP contribution in [0.5, 0.6) is 0 Å². The molecular weight excluding hydrogens is 346 g/mol. The quantitative estimate of drug-likeness (QED) is 0.657. The minimum atomic E-state index is -1.30. The summed E-state index contributed by atoms with van der Waals surface area (Å²) in [6.45, 7) is 5.62. The van der Waals surface area contributed by atoms with Gasteiger partial charge in [-0.25, -0.2) is 4.39 Å². The number of nitrogens with zero attached hydrogens (tertiary/aromatic N) is 3. The van der Waals surface area contributed by atoms with Crippen LogP contribution in [0.25, 0.3) is 0 Å². The van der Waals surface area contributed by atoms with Gasteiger partial charge in [0.25, 0.3) is 5.91 Å². The number of anilines is 1. The molecule has 3 rings (SSSR count). The molecule has 9 heteroatoms. The van der Waals surface area contributed by atoms with Gasteiger partial charge in [0.1, 0.15) is 11.5 Å². The van der Waals surface area contributed by atoms with Gasteiger partial charge in [-0.15, -0.1) is 0 Å². The first-order valence-corrected chi connectivity index (χ1v) is 8.13. The first kappa shape index (κ1) is 18.0. The van der Waals surface area contributed by atoms with E-state index < -0.39 is 39.4 Å². The standard InChI is InChI=1S/C17H18F2N4O3/c1-17(2,3)22-15(7-12(21-22)9-4-5-9)16(24)20-13-8-14(23(25)26)11(19)6-10(13)18/h6-9H,4-5H2,1-3H3,(H,20,24). The van der Waals surface area contributed by atoms with Crippen LogP contribution in [0.15, 0.2) is 18.2 Å². The summed E-state index contributed by atoms with van der Waals surface area (Å²) < 4.78 is 28.9. The molecule has 0 bridgehead atoms.